The molecule has 110 valence electrons. The van der Waals surface area contributed by atoms with Crippen LogP contribution < -0.4 is 10.2 Å². The Morgan fingerprint density at radius 2 is 1.86 bits per heavy atom. The van der Waals surface area contributed by atoms with Crippen molar-refractivity contribution in [3.63, 3.8) is 0 Å². The maximum atomic E-state index is 12.4. The van der Waals surface area contributed by atoms with Crippen LogP contribution in [0.1, 0.15) is 5.56 Å². The molecule has 0 spiro atoms. The second-order valence-electron chi connectivity index (χ2n) is 4.87. The number of carbonyl (C=O) groups is 2. The van der Waals surface area contributed by atoms with Crippen LogP contribution >= 0.6 is 11.6 Å². The number of halogens is 1. The third-order valence-corrected chi connectivity index (χ3v) is 3.58. The summed E-state index contributed by atoms with van der Waals surface area (Å²) in [6.07, 6.45) is 3.16. The highest BCUT2D eigenvalue weighted by Gasteiger charge is 2.24. The summed E-state index contributed by atoms with van der Waals surface area (Å²) in [4.78, 5) is 25.5. The SMILES string of the molecule is O=C1CN(C(=O)C=Cc2ccc(Cl)cc2)c2ccccc2N1. The number of anilines is 2. The van der Waals surface area contributed by atoms with E-state index in [9.17, 15) is 9.59 Å². The Labute approximate surface area is 133 Å². The van der Waals surface area contributed by atoms with Crippen LogP contribution in [0.15, 0.2) is 54.6 Å². The first-order chi connectivity index (χ1) is 10.6. The van der Waals surface area contributed by atoms with Crippen molar-refractivity contribution in [2.75, 3.05) is 16.8 Å². The summed E-state index contributed by atoms with van der Waals surface area (Å²) < 4.78 is 0. The molecule has 0 aromatic heterocycles. The Balaban J connectivity index is 1.83. The van der Waals surface area contributed by atoms with Gasteiger partial charge in [0.25, 0.3) is 5.91 Å². The molecule has 0 unspecified atom stereocenters. The summed E-state index contributed by atoms with van der Waals surface area (Å²) in [5, 5.41) is 3.40. The molecule has 4 nitrogen and oxygen atoms in total. The fourth-order valence-corrected chi connectivity index (χ4v) is 2.39. The molecule has 22 heavy (non-hydrogen) atoms. The van der Waals surface area contributed by atoms with Crippen molar-refractivity contribution in [3.05, 3.63) is 65.2 Å². The molecule has 2 amide bonds. The standard InChI is InChI=1S/C17H13ClN2O2/c18-13-8-5-12(6-9-13)7-10-17(22)20-11-16(21)19-14-3-1-2-4-15(14)20/h1-10H,11H2,(H,19,21). The van der Waals surface area contributed by atoms with E-state index in [1.165, 1.54) is 11.0 Å². The minimum atomic E-state index is -0.239. The molecule has 0 aliphatic carbocycles. The quantitative estimate of drug-likeness (QED) is 0.865. The van der Waals surface area contributed by atoms with E-state index in [2.05, 4.69) is 5.32 Å². The predicted octanol–water partition coefficient (Wildman–Crippen LogP) is 3.34. The molecule has 3 rings (SSSR count). The maximum absolute atomic E-state index is 12.4. The van der Waals surface area contributed by atoms with E-state index >= 15 is 0 Å². The number of nitrogens with one attached hydrogen (secondary N) is 1. The molecule has 1 aliphatic rings. The van der Waals surface area contributed by atoms with Crippen LogP contribution in [0.2, 0.25) is 5.02 Å². The van der Waals surface area contributed by atoms with E-state index in [0.29, 0.717) is 16.4 Å². The second kappa shape index (κ2) is 6.03. The molecule has 0 fully saturated rings. The third-order valence-electron chi connectivity index (χ3n) is 3.33. The minimum absolute atomic E-state index is 0.0147. The summed E-state index contributed by atoms with van der Waals surface area (Å²) in [5.74, 6) is -0.441. The number of para-hydroxylation sites is 2. The number of nitrogens with zero attached hydrogens (tertiary/aromatic N) is 1. The maximum Gasteiger partial charge on any atom is 0.251 e. The molecule has 0 bridgehead atoms. The average molecular weight is 313 g/mol. The molecule has 1 N–H and O–H groups in total. The molecule has 0 saturated carbocycles. The largest absolute Gasteiger partial charge is 0.323 e. The summed E-state index contributed by atoms with van der Waals surface area (Å²) in [5.41, 5.74) is 2.22. The summed E-state index contributed by atoms with van der Waals surface area (Å²) >= 11 is 5.82. The fourth-order valence-electron chi connectivity index (χ4n) is 2.26. The predicted molar refractivity (Wildman–Crippen MR) is 87.9 cm³/mol. The Bertz CT molecular complexity index is 754. The number of rotatable bonds is 2. The average Bonchev–Trinajstić information content (AvgIpc) is 2.53. The van der Waals surface area contributed by atoms with Crippen LogP contribution in [0.25, 0.3) is 6.08 Å². The summed E-state index contributed by atoms with van der Waals surface area (Å²) in [6.45, 7) is 0.0147. The zero-order valence-electron chi connectivity index (χ0n) is 11.6. The number of amides is 2. The van der Waals surface area contributed by atoms with Crippen molar-refractivity contribution in [2.45, 2.75) is 0 Å². The zero-order valence-corrected chi connectivity index (χ0v) is 12.4. The molecule has 1 aliphatic heterocycles. The number of benzene rings is 2. The highest BCUT2D eigenvalue weighted by atomic mass is 35.5. The summed E-state index contributed by atoms with van der Waals surface area (Å²) in [7, 11) is 0. The van der Waals surface area contributed by atoms with Gasteiger partial charge in [0.05, 0.1) is 11.4 Å². The van der Waals surface area contributed by atoms with Gasteiger partial charge in [0, 0.05) is 11.1 Å². The van der Waals surface area contributed by atoms with Crippen LogP contribution in [0.5, 0.6) is 0 Å². The van der Waals surface area contributed by atoms with Crippen molar-refractivity contribution in [2.24, 2.45) is 0 Å². The van der Waals surface area contributed by atoms with E-state index < -0.39 is 0 Å². The van der Waals surface area contributed by atoms with Gasteiger partial charge >= 0.3 is 0 Å². The molecule has 0 saturated heterocycles. The Morgan fingerprint density at radius 1 is 1.14 bits per heavy atom. The van der Waals surface area contributed by atoms with Gasteiger partial charge in [0.15, 0.2) is 0 Å². The smallest absolute Gasteiger partial charge is 0.251 e. The minimum Gasteiger partial charge on any atom is -0.323 e. The first-order valence-electron chi connectivity index (χ1n) is 6.77. The third kappa shape index (κ3) is 3.02. The Hall–Kier alpha value is -2.59. The van der Waals surface area contributed by atoms with E-state index in [1.54, 1.807) is 24.3 Å². The van der Waals surface area contributed by atoms with Crippen LogP contribution in [-0.2, 0) is 9.59 Å². The highest BCUT2D eigenvalue weighted by Crippen LogP contribution is 2.29. The second-order valence-corrected chi connectivity index (χ2v) is 5.31. The first kappa shape index (κ1) is 14.4. The van der Waals surface area contributed by atoms with Crippen LogP contribution in [-0.4, -0.2) is 18.4 Å². The van der Waals surface area contributed by atoms with Gasteiger partial charge in [-0.05, 0) is 35.9 Å². The normalized spacial score (nSPS) is 13.9. The Morgan fingerprint density at radius 3 is 2.64 bits per heavy atom. The van der Waals surface area contributed by atoms with Gasteiger partial charge in [-0.25, -0.2) is 0 Å². The number of hydrogen-bond donors (Lipinski definition) is 1. The zero-order chi connectivity index (χ0) is 15.5. The molecule has 5 heteroatoms. The van der Waals surface area contributed by atoms with Gasteiger partial charge in [0.1, 0.15) is 6.54 Å². The summed E-state index contributed by atoms with van der Waals surface area (Å²) in [6, 6.07) is 14.4. The molecule has 1 heterocycles. The Kier molecular flexibility index (Phi) is 3.94. The lowest BCUT2D eigenvalue weighted by Gasteiger charge is -2.28. The number of fused-ring (bicyclic) bond motifs is 1. The van der Waals surface area contributed by atoms with Crippen molar-refractivity contribution in [1.82, 2.24) is 0 Å². The van der Waals surface area contributed by atoms with Gasteiger partial charge in [-0.15, -0.1) is 0 Å². The van der Waals surface area contributed by atoms with E-state index in [4.69, 9.17) is 11.6 Å². The van der Waals surface area contributed by atoms with E-state index in [-0.39, 0.29) is 18.4 Å². The van der Waals surface area contributed by atoms with Crippen molar-refractivity contribution in [3.8, 4) is 0 Å². The van der Waals surface area contributed by atoms with Gasteiger partial charge < -0.3 is 5.32 Å². The molecule has 2 aromatic carbocycles. The van der Waals surface area contributed by atoms with Crippen LogP contribution in [0, 0.1) is 0 Å². The van der Waals surface area contributed by atoms with E-state index in [1.807, 2.05) is 30.3 Å². The molecular formula is C17H13ClN2O2. The monoisotopic (exact) mass is 312 g/mol. The van der Waals surface area contributed by atoms with Crippen molar-refractivity contribution in [1.29, 1.82) is 0 Å². The van der Waals surface area contributed by atoms with Crippen molar-refractivity contribution < 1.29 is 9.59 Å². The number of carbonyl (C=O) groups excluding carboxylic acids is 2. The van der Waals surface area contributed by atoms with Gasteiger partial charge in [-0.2, -0.15) is 0 Å². The van der Waals surface area contributed by atoms with Crippen LogP contribution in [0.3, 0.4) is 0 Å². The molecule has 0 radical (unpaired) electrons. The molecule has 2 aromatic rings. The lowest BCUT2D eigenvalue weighted by molar-refractivity contribution is -0.119. The molecular weight excluding hydrogens is 300 g/mol. The van der Waals surface area contributed by atoms with Crippen molar-refractivity contribution >= 4 is 40.9 Å². The molecule has 0 atom stereocenters. The number of hydrogen-bond acceptors (Lipinski definition) is 2. The lowest BCUT2D eigenvalue weighted by atomic mass is 10.1. The van der Waals surface area contributed by atoms with Gasteiger partial charge in [-0.3, -0.25) is 14.5 Å². The lowest BCUT2D eigenvalue weighted by Crippen LogP contribution is -2.41. The van der Waals surface area contributed by atoms with Gasteiger partial charge in [0.2, 0.25) is 5.91 Å². The highest BCUT2D eigenvalue weighted by molar-refractivity contribution is 6.30. The topological polar surface area (TPSA) is 49.4 Å². The first-order valence-corrected chi connectivity index (χ1v) is 7.15. The van der Waals surface area contributed by atoms with Crippen LogP contribution in [0.4, 0.5) is 11.4 Å². The van der Waals surface area contributed by atoms with E-state index in [0.717, 1.165) is 5.56 Å². The fraction of sp³-hybridized carbons (Fsp3) is 0.0588. The van der Waals surface area contributed by atoms with Gasteiger partial charge in [-0.1, -0.05) is 35.9 Å².